The van der Waals surface area contributed by atoms with Crippen LogP contribution in [0.25, 0.3) is 12.2 Å². The molecule has 3 aromatic rings. The molecule has 0 heteroatoms. The molecule has 0 N–H and O–H groups in total. The van der Waals surface area contributed by atoms with Crippen LogP contribution in [0.3, 0.4) is 0 Å². The average Bonchev–Trinajstić information content (AvgIpc) is 2.88. The summed E-state index contributed by atoms with van der Waals surface area (Å²) in [5, 5.41) is 0. The Bertz CT molecular complexity index is 971. The van der Waals surface area contributed by atoms with Crippen LogP contribution in [-0.2, 0) is 6.42 Å². The minimum Gasteiger partial charge on any atom is -0.0648 e. The summed E-state index contributed by atoms with van der Waals surface area (Å²) >= 11 is 0. The molecule has 0 nitrogen and oxygen atoms in total. The average molecular weight is 439 g/mol. The monoisotopic (exact) mass is 438 g/mol. The molecule has 0 bridgehead atoms. The van der Waals surface area contributed by atoms with Gasteiger partial charge in [-0.3, -0.25) is 0 Å². The van der Waals surface area contributed by atoms with Crippen LogP contribution in [0.4, 0.5) is 0 Å². The van der Waals surface area contributed by atoms with Crippen molar-refractivity contribution in [2.75, 3.05) is 0 Å². The van der Waals surface area contributed by atoms with Crippen molar-refractivity contribution in [3.63, 3.8) is 0 Å². The SMILES string of the molecule is CCC(C)(CC)C(c1ccccc1)C(CC)(CC)Cc1ccc(/C=C/c2ccccc2)cc1. The Labute approximate surface area is 202 Å². The molecule has 0 aliphatic heterocycles. The van der Waals surface area contributed by atoms with Gasteiger partial charge in [0, 0.05) is 0 Å². The third-order valence-electron chi connectivity index (χ3n) is 8.27. The molecule has 0 saturated heterocycles. The maximum absolute atomic E-state index is 2.52. The summed E-state index contributed by atoms with van der Waals surface area (Å²) in [6.45, 7) is 12.1. The van der Waals surface area contributed by atoms with Crippen LogP contribution in [0.15, 0.2) is 84.9 Å². The molecule has 0 heterocycles. The summed E-state index contributed by atoms with van der Waals surface area (Å²) in [7, 11) is 0. The molecular weight excluding hydrogens is 396 g/mol. The maximum atomic E-state index is 2.52. The van der Waals surface area contributed by atoms with E-state index in [1.165, 1.54) is 47.9 Å². The second-order valence-corrected chi connectivity index (χ2v) is 9.94. The summed E-state index contributed by atoms with van der Waals surface area (Å²) in [4.78, 5) is 0. The normalized spacial score (nSPS) is 13.4. The van der Waals surface area contributed by atoms with Crippen molar-refractivity contribution in [2.24, 2.45) is 10.8 Å². The van der Waals surface area contributed by atoms with Crippen LogP contribution in [0.2, 0.25) is 0 Å². The van der Waals surface area contributed by atoms with Crippen molar-refractivity contribution in [2.45, 2.75) is 72.6 Å². The van der Waals surface area contributed by atoms with Crippen LogP contribution in [0.5, 0.6) is 0 Å². The van der Waals surface area contributed by atoms with Gasteiger partial charge >= 0.3 is 0 Å². The first-order valence-corrected chi connectivity index (χ1v) is 12.9. The second kappa shape index (κ2) is 11.5. The fourth-order valence-electron chi connectivity index (χ4n) is 5.72. The van der Waals surface area contributed by atoms with Crippen LogP contribution in [0, 0.1) is 10.8 Å². The molecule has 33 heavy (non-hydrogen) atoms. The van der Waals surface area contributed by atoms with E-state index in [2.05, 4.69) is 132 Å². The molecule has 0 saturated carbocycles. The highest BCUT2D eigenvalue weighted by Gasteiger charge is 2.45. The van der Waals surface area contributed by atoms with Crippen LogP contribution >= 0.6 is 0 Å². The standard InChI is InChI=1S/C33H42/c1-6-32(5,7-2)31(30-18-14-11-15-19-30)33(8-3,9-4)26-29-24-22-28(23-25-29)21-20-27-16-12-10-13-17-27/h10-25,31H,6-9,26H2,1-5H3/b21-20+. The third kappa shape index (κ3) is 5.85. The molecule has 0 aliphatic carbocycles. The van der Waals surface area contributed by atoms with Gasteiger partial charge in [0.1, 0.15) is 0 Å². The van der Waals surface area contributed by atoms with Gasteiger partial charge in [0.05, 0.1) is 0 Å². The molecule has 0 fully saturated rings. The predicted molar refractivity (Wildman–Crippen MR) is 146 cm³/mol. The van der Waals surface area contributed by atoms with Gasteiger partial charge in [0.25, 0.3) is 0 Å². The van der Waals surface area contributed by atoms with Crippen LogP contribution in [-0.4, -0.2) is 0 Å². The first-order chi connectivity index (χ1) is 16.0. The second-order valence-electron chi connectivity index (χ2n) is 9.94. The molecular formula is C33H42. The van der Waals surface area contributed by atoms with E-state index in [1.54, 1.807) is 0 Å². The summed E-state index contributed by atoms with van der Waals surface area (Å²) < 4.78 is 0. The molecule has 174 valence electrons. The summed E-state index contributed by atoms with van der Waals surface area (Å²) in [5.41, 5.74) is 5.98. The Morgan fingerprint density at radius 2 is 1.09 bits per heavy atom. The minimum atomic E-state index is 0.240. The topological polar surface area (TPSA) is 0 Å². The van der Waals surface area contributed by atoms with Gasteiger partial charge in [-0.1, -0.05) is 145 Å². The quantitative estimate of drug-likeness (QED) is 0.261. The molecule has 3 aromatic carbocycles. The van der Waals surface area contributed by atoms with E-state index in [9.17, 15) is 0 Å². The van der Waals surface area contributed by atoms with Gasteiger partial charge in [-0.05, 0) is 58.3 Å². The summed E-state index contributed by atoms with van der Waals surface area (Å²) in [6, 6.07) is 31.1. The highest BCUT2D eigenvalue weighted by Crippen LogP contribution is 2.56. The summed E-state index contributed by atoms with van der Waals surface area (Å²) in [6.07, 6.45) is 10.3. The third-order valence-corrected chi connectivity index (χ3v) is 8.27. The number of hydrogen-bond donors (Lipinski definition) is 0. The van der Waals surface area contributed by atoms with Gasteiger partial charge in [0.15, 0.2) is 0 Å². The van der Waals surface area contributed by atoms with Crippen molar-refractivity contribution in [3.8, 4) is 0 Å². The Balaban J connectivity index is 1.92. The Hall–Kier alpha value is -2.60. The molecule has 1 unspecified atom stereocenters. The zero-order chi connectivity index (χ0) is 23.7. The van der Waals surface area contributed by atoms with E-state index >= 15 is 0 Å². The van der Waals surface area contributed by atoms with Gasteiger partial charge < -0.3 is 0 Å². The van der Waals surface area contributed by atoms with Crippen molar-refractivity contribution in [1.29, 1.82) is 0 Å². The number of benzene rings is 3. The molecule has 0 aliphatic rings. The van der Waals surface area contributed by atoms with E-state index < -0.39 is 0 Å². The Morgan fingerprint density at radius 1 is 0.606 bits per heavy atom. The molecule has 0 radical (unpaired) electrons. The van der Waals surface area contributed by atoms with Gasteiger partial charge in [-0.2, -0.15) is 0 Å². The lowest BCUT2D eigenvalue weighted by Crippen LogP contribution is -2.40. The molecule has 3 rings (SSSR count). The van der Waals surface area contributed by atoms with Crippen molar-refractivity contribution >= 4 is 12.2 Å². The highest BCUT2D eigenvalue weighted by molar-refractivity contribution is 5.69. The largest absolute Gasteiger partial charge is 0.0648 e. The lowest BCUT2D eigenvalue weighted by Gasteiger charge is -2.50. The van der Waals surface area contributed by atoms with Crippen molar-refractivity contribution in [3.05, 3.63) is 107 Å². The predicted octanol–water partition coefficient (Wildman–Crippen LogP) is 9.82. The fraction of sp³-hybridized carbons (Fsp3) is 0.394. The first-order valence-electron chi connectivity index (χ1n) is 12.9. The Kier molecular flexibility index (Phi) is 8.73. The van der Waals surface area contributed by atoms with Crippen molar-refractivity contribution < 1.29 is 0 Å². The first kappa shape index (κ1) is 25.0. The molecule has 0 spiro atoms. The summed E-state index contributed by atoms with van der Waals surface area (Å²) in [5.74, 6) is 0.536. The van der Waals surface area contributed by atoms with Gasteiger partial charge in [-0.15, -0.1) is 0 Å². The highest BCUT2D eigenvalue weighted by atomic mass is 14.5. The number of rotatable bonds is 11. The van der Waals surface area contributed by atoms with Crippen LogP contribution in [0.1, 0.15) is 88.5 Å². The van der Waals surface area contributed by atoms with Gasteiger partial charge in [0.2, 0.25) is 0 Å². The Morgan fingerprint density at radius 3 is 1.58 bits per heavy atom. The molecule has 0 amide bonds. The minimum absolute atomic E-state index is 0.240. The number of hydrogen-bond acceptors (Lipinski definition) is 0. The fourth-order valence-corrected chi connectivity index (χ4v) is 5.72. The van der Waals surface area contributed by atoms with E-state index in [0.29, 0.717) is 5.92 Å². The van der Waals surface area contributed by atoms with Gasteiger partial charge in [-0.25, -0.2) is 0 Å². The lowest BCUT2D eigenvalue weighted by atomic mass is 9.54. The molecule has 0 aromatic heterocycles. The van der Waals surface area contributed by atoms with E-state index in [1.807, 2.05) is 0 Å². The molecule has 1 atom stereocenters. The van der Waals surface area contributed by atoms with E-state index in [0.717, 1.165) is 6.42 Å². The van der Waals surface area contributed by atoms with Crippen LogP contribution < -0.4 is 0 Å². The maximum Gasteiger partial charge on any atom is -0.00486 e. The van der Waals surface area contributed by atoms with E-state index in [-0.39, 0.29) is 10.8 Å². The zero-order valence-corrected chi connectivity index (χ0v) is 21.4. The lowest BCUT2D eigenvalue weighted by molar-refractivity contribution is 0.0757. The smallest absolute Gasteiger partial charge is 0.00486 e. The van der Waals surface area contributed by atoms with Crippen molar-refractivity contribution in [1.82, 2.24) is 0 Å². The van der Waals surface area contributed by atoms with E-state index in [4.69, 9.17) is 0 Å². The zero-order valence-electron chi connectivity index (χ0n) is 21.4.